The molecule has 1 atom stereocenters. The number of amides is 1. The van der Waals surface area contributed by atoms with Crippen molar-refractivity contribution in [1.29, 1.82) is 0 Å². The topological polar surface area (TPSA) is 102 Å². The highest BCUT2D eigenvalue weighted by atomic mass is 35.5. The molecular weight excluding hydrogens is 422 g/mol. The molecule has 9 heteroatoms. The number of Topliss-reactive ketones (excluding diaryl/α,β-unsaturated/α-hetero) is 1. The van der Waals surface area contributed by atoms with Crippen molar-refractivity contribution >= 4 is 40.4 Å². The number of nitrogens with zero attached hydrogens (tertiary/aromatic N) is 4. The molecule has 3 rings (SSSR count). The lowest BCUT2D eigenvalue weighted by atomic mass is 9.89. The van der Waals surface area contributed by atoms with Crippen LogP contribution in [0.4, 0.5) is 5.82 Å². The molecule has 1 aliphatic rings. The Labute approximate surface area is 186 Å². The molecule has 162 valence electrons. The highest BCUT2D eigenvalue weighted by Gasteiger charge is 2.28. The summed E-state index contributed by atoms with van der Waals surface area (Å²) in [5.41, 5.74) is 7.79. The first-order chi connectivity index (χ1) is 14.2. The van der Waals surface area contributed by atoms with Gasteiger partial charge in [0.05, 0.1) is 9.88 Å². The van der Waals surface area contributed by atoms with E-state index in [9.17, 15) is 9.59 Å². The number of aryl methyl sites for hydroxylation is 2. The monoisotopic (exact) mass is 449 g/mol. The first-order valence-electron chi connectivity index (χ1n) is 10.3. The van der Waals surface area contributed by atoms with E-state index in [0.29, 0.717) is 16.6 Å². The van der Waals surface area contributed by atoms with Gasteiger partial charge in [0, 0.05) is 42.9 Å². The van der Waals surface area contributed by atoms with Crippen LogP contribution in [0, 0.1) is 25.7 Å². The van der Waals surface area contributed by atoms with Crippen molar-refractivity contribution in [3.05, 3.63) is 32.6 Å². The number of nitrogen functional groups attached to an aromatic ring is 1. The number of hydrogen-bond donors (Lipinski definition) is 1. The van der Waals surface area contributed by atoms with Gasteiger partial charge in [0.25, 0.3) is 0 Å². The number of carbonyl (C=O) groups is 2. The maximum absolute atomic E-state index is 12.8. The van der Waals surface area contributed by atoms with E-state index >= 15 is 0 Å². The lowest BCUT2D eigenvalue weighted by Gasteiger charge is -2.33. The van der Waals surface area contributed by atoms with Gasteiger partial charge in [-0.15, -0.1) is 11.3 Å². The summed E-state index contributed by atoms with van der Waals surface area (Å²) in [6.07, 6.45) is 5.53. The normalized spacial score (nSPS) is 15.9. The minimum Gasteiger partial charge on any atom is -0.383 e. The van der Waals surface area contributed by atoms with E-state index in [-0.39, 0.29) is 29.3 Å². The van der Waals surface area contributed by atoms with Gasteiger partial charge in [-0.25, -0.2) is 15.0 Å². The molecule has 0 spiro atoms. The van der Waals surface area contributed by atoms with Crippen LogP contribution >= 0.6 is 22.9 Å². The summed E-state index contributed by atoms with van der Waals surface area (Å²) >= 11 is 7.23. The highest BCUT2D eigenvalue weighted by Crippen LogP contribution is 2.26. The number of halogens is 1. The predicted molar refractivity (Wildman–Crippen MR) is 119 cm³/mol. The van der Waals surface area contributed by atoms with Crippen LogP contribution in [0.15, 0.2) is 6.20 Å². The van der Waals surface area contributed by atoms with Crippen LogP contribution < -0.4 is 5.73 Å². The molecule has 30 heavy (non-hydrogen) atoms. The van der Waals surface area contributed by atoms with Crippen molar-refractivity contribution in [2.45, 2.75) is 52.9 Å². The van der Waals surface area contributed by atoms with Gasteiger partial charge in [0.1, 0.15) is 5.82 Å². The largest absolute Gasteiger partial charge is 0.383 e. The second-order valence-electron chi connectivity index (χ2n) is 8.02. The zero-order chi connectivity index (χ0) is 21.8. The molecule has 0 aliphatic carbocycles. The van der Waals surface area contributed by atoms with E-state index in [2.05, 4.69) is 15.0 Å². The van der Waals surface area contributed by atoms with Crippen molar-refractivity contribution in [2.24, 2.45) is 11.8 Å². The predicted octanol–water partition coefficient (Wildman–Crippen LogP) is 3.87. The van der Waals surface area contributed by atoms with Crippen LogP contribution in [0.5, 0.6) is 0 Å². The zero-order valence-electron chi connectivity index (χ0n) is 17.7. The molecule has 1 amide bonds. The van der Waals surface area contributed by atoms with Crippen molar-refractivity contribution in [3.63, 3.8) is 0 Å². The number of rotatable bonds is 7. The van der Waals surface area contributed by atoms with E-state index < -0.39 is 0 Å². The number of ketones is 1. The highest BCUT2D eigenvalue weighted by molar-refractivity contribution is 7.13. The van der Waals surface area contributed by atoms with Crippen molar-refractivity contribution < 1.29 is 9.59 Å². The molecular formula is C21H28ClN5O2S. The summed E-state index contributed by atoms with van der Waals surface area (Å²) in [5.74, 6) is 0.726. The number of likely N-dealkylation sites (tertiary alicyclic amines) is 1. The van der Waals surface area contributed by atoms with Crippen LogP contribution in [0.25, 0.3) is 0 Å². The number of hydrogen-bond acceptors (Lipinski definition) is 7. The van der Waals surface area contributed by atoms with Gasteiger partial charge in [0.15, 0.2) is 5.78 Å². The maximum atomic E-state index is 12.8. The molecule has 1 fully saturated rings. The van der Waals surface area contributed by atoms with Crippen LogP contribution in [0.2, 0.25) is 5.28 Å². The van der Waals surface area contributed by atoms with E-state index in [1.54, 1.807) is 6.20 Å². The lowest BCUT2D eigenvalue weighted by Crippen LogP contribution is -2.41. The summed E-state index contributed by atoms with van der Waals surface area (Å²) in [7, 11) is 0. The molecule has 2 aromatic rings. The Hall–Kier alpha value is -2.06. The third-order valence-corrected chi connectivity index (χ3v) is 6.88. The lowest BCUT2D eigenvalue weighted by molar-refractivity contribution is -0.136. The molecule has 1 aliphatic heterocycles. The molecule has 1 saturated heterocycles. The standard InChI is InChI=1S/C21H28ClN5O2S/c1-12(10-17(28)18-11-24-14(3)30-18)20(29)27-8-6-15(7-9-27)4-5-16-13(2)25-21(22)26-19(16)23/h11-12,15H,4-10H2,1-3H3,(H2,23,25,26)/t12-/m1/s1. The molecule has 0 bridgehead atoms. The van der Waals surface area contributed by atoms with Crippen LogP contribution in [-0.4, -0.2) is 44.6 Å². The van der Waals surface area contributed by atoms with E-state index in [1.165, 1.54) is 11.3 Å². The van der Waals surface area contributed by atoms with Crippen molar-refractivity contribution in [1.82, 2.24) is 19.9 Å². The second kappa shape index (κ2) is 9.83. The van der Waals surface area contributed by atoms with Gasteiger partial charge >= 0.3 is 0 Å². The summed E-state index contributed by atoms with van der Waals surface area (Å²) in [6, 6.07) is 0. The van der Waals surface area contributed by atoms with Gasteiger partial charge in [0.2, 0.25) is 11.2 Å². The third kappa shape index (κ3) is 5.55. The minimum atomic E-state index is -0.315. The Bertz CT molecular complexity index is 901. The fourth-order valence-electron chi connectivity index (χ4n) is 3.95. The fraction of sp³-hybridized carbons (Fsp3) is 0.571. The second-order valence-corrected chi connectivity index (χ2v) is 9.59. The molecule has 0 unspecified atom stereocenters. The molecule has 2 aromatic heterocycles. The van der Waals surface area contributed by atoms with Crippen LogP contribution in [-0.2, 0) is 11.2 Å². The van der Waals surface area contributed by atoms with Crippen molar-refractivity contribution in [2.75, 3.05) is 18.8 Å². The summed E-state index contributed by atoms with van der Waals surface area (Å²) in [5, 5.41) is 1.04. The van der Waals surface area contributed by atoms with E-state index in [4.69, 9.17) is 17.3 Å². The third-order valence-electron chi connectivity index (χ3n) is 5.76. The Morgan fingerprint density at radius 2 is 2.00 bits per heavy atom. The van der Waals surface area contributed by atoms with Gasteiger partial charge in [-0.05, 0) is 57.0 Å². The molecule has 0 saturated carbocycles. The maximum Gasteiger partial charge on any atom is 0.225 e. The fourth-order valence-corrected chi connectivity index (χ4v) is 4.89. The number of piperidine rings is 1. The molecule has 2 N–H and O–H groups in total. The Morgan fingerprint density at radius 3 is 2.60 bits per heavy atom. The number of aromatic nitrogens is 3. The first kappa shape index (κ1) is 22.6. The Balaban J connectivity index is 1.46. The Kier molecular flexibility index (Phi) is 7.41. The van der Waals surface area contributed by atoms with E-state index in [1.807, 2.05) is 25.7 Å². The molecule has 0 aromatic carbocycles. The average Bonchev–Trinajstić information content (AvgIpc) is 3.13. The van der Waals surface area contributed by atoms with Gasteiger partial charge < -0.3 is 10.6 Å². The van der Waals surface area contributed by atoms with Crippen LogP contribution in [0.1, 0.15) is 58.5 Å². The quantitative estimate of drug-likeness (QED) is 0.508. The smallest absolute Gasteiger partial charge is 0.225 e. The zero-order valence-corrected chi connectivity index (χ0v) is 19.2. The van der Waals surface area contributed by atoms with Gasteiger partial charge in [-0.3, -0.25) is 9.59 Å². The molecule has 0 radical (unpaired) electrons. The van der Waals surface area contributed by atoms with Crippen LogP contribution in [0.3, 0.4) is 0 Å². The first-order valence-corrected chi connectivity index (χ1v) is 11.5. The number of anilines is 1. The molecule has 7 nitrogen and oxygen atoms in total. The van der Waals surface area contributed by atoms with E-state index in [0.717, 1.165) is 55.0 Å². The summed E-state index contributed by atoms with van der Waals surface area (Å²) in [6.45, 7) is 7.07. The average molecular weight is 450 g/mol. The Morgan fingerprint density at radius 1 is 1.30 bits per heavy atom. The van der Waals surface area contributed by atoms with Gasteiger partial charge in [-0.2, -0.15) is 0 Å². The van der Waals surface area contributed by atoms with Gasteiger partial charge in [-0.1, -0.05) is 6.92 Å². The summed E-state index contributed by atoms with van der Waals surface area (Å²) < 4.78 is 0. The van der Waals surface area contributed by atoms with Crippen molar-refractivity contribution in [3.8, 4) is 0 Å². The minimum absolute atomic E-state index is 0.00511. The number of carbonyl (C=O) groups excluding carboxylic acids is 2. The number of nitrogens with two attached hydrogens (primary N) is 1. The SMILES string of the molecule is Cc1ncc(C(=O)C[C@@H](C)C(=O)N2CCC(CCc3c(C)nc(Cl)nc3N)CC2)s1. The molecule has 3 heterocycles. The number of thiazole rings is 1. The summed E-state index contributed by atoms with van der Waals surface area (Å²) in [4.78, 5) is 40.1.